The Kier molecular flexibility index (Phi) is 6.52. The first-order chi connectivity index (χ1) is 16.0. The minimum Gasteiger partial charge on any atom is -0.324 e. The predicted octanol–water partition coefficient (Wildman–Crippen LogP) is 2.80. The number of carbonyl (C=O) groups is 2. The number of hydrogen-bond acceptors (Lipinski definition) is 8. The monoisotopic (exact) mass is 442 g/mol. The second-order valence-corrected chi connectivity index (χ2v) is 7.51. The maximum Gasteiger partial charge on any atom is 0.241 e. The van der Waals surface area contributed by atoms with Gasteiger partial charge >= 0.3 is 0 Å². The van der Waals surface area contributed by atoms with Gasteiger partial charge in [0, 0.05) is 18.7 Å². The molecule has 33 heavy (non-hydrogen) atoms. The minimum absolute atomic E-state index is 0.136. The summed E-state index contributed by atoms with van der Waals surface area (Å²) in [5, 5.41) is 21.3. The van der Waals surface area contributed by atoms with E-state index in [9.17, 15) is 14.9 Å². The van der Waals surface area contributed by atoms with E-state index in [1.165, 1.54) is 6.92 Å². The molecule has 0 unspecified atom stereocenters. The van der Waals surface area contributed by atoms with Crippen molar-refractivity contribution < 1.29 is 9.59 Å². The summed E-state index contributed by atoms with van der Waals surface area (Å²) in [5.74, 6) is 0.465. The van der Waals surface area contributed by atoms with Crippen LogP contribution in [-0.2, 0) is 9.59 Å². The number of amides is 2. The van der Waals surface area contributed by atoms with E-state index in [1.54, 1.807) is 48.8 Å². The van der Waals surface area contributed by atoms with E-state index in [-0.39, 0.29) is 17.9 Å². The van der Waals surface area contributed by atoms with Crippen LogP contribution in [0.2, 0.25) is 0 Å². The normalized spacial score (nSPS) is 14.8. The Morgan fingerprint density at radius 2 is 2.03 bits per heavy atom. The van der Waals surface area contributed by atoms with Gasteiger partial charge in [-0.25, -0.2) is 15.0 Å². The highest BCUT2D eigenvalue weighted by atomic mass is 16.2. The molecule has 3 aromatic rings. The van der Waals surface area contributed by atoms with Gasteiger partial charge in [0.25, 0.3) is 0 Å². The second kappa shape index (κ2) is 9.84. The van der Waals surface area contributed by atoms with Gasteiger partial charge in [-0.15, -0.1) is 0 Å². The minimum atomic E-state index is -0.228. The van der Waals surface area contributed by atoms with Gasteiger partial charge in [0.15, 0.2) is 0 Å². The zero-order valence-electron chi connectivity index (χ0n) is 17.9. The average Bonchev–Trinajstić information content (AvgIpc) is 3.36. The molecule has 10 heteroatoms. The maximum atomic E-state index is 12.4. The lowest BCUT2D eigenvalue weighted by molar-refractivity contribution is -0.118. The summed E-state index contributed by atoms with van der Waals surface area (Å²) < 4.78 is 0. The maximum absolute atomic E-state index is 12.4. The number of nitrogens with one attached hydrogen (secondary N) is 4. The fourth-order valence-corrected chi connectivity index (χ4v) is 3.46. The number of hydrogen-bond donors (Lipinski definition) is 4. The molecule has 1 aromatic carbocycles. The summed E-state index contributed by atoms with van der Waals surface area (Å²) in [6.45, 7) is 2.24. The molecule has 1 fully saturated rings. The third-order valence-electron chi connectivity index (χ3n) is 5.05. The van der Waals surface area contributed by atoms with Crippen molar-refractivity contribution in [3.8, 4) is 17.3 Å². The third kappa shape index (κ3) is 5.47. The van der Waals surface area contributed by atoms with Gasteiger partial charge in [0.05, 0.1) is 34.9 Å². The largest absolute Gasteiger partial charge is 0.324 e. The van der Waals surface area contributed by atoms with Gasteiger partial charge in [0.2, 0.25) is 17.8 Å². The molecular weight excluding hydrogens is 420 g/mol. The van der Waals surface area contributed by atoms with E-state index in [4.69, 9.17) is 0 Å². The number of carbonyl (C=O) groups excluding carboxylic acids is 2. The van der Waals surface area contributed by atoms with E-state index in [0.29, 0.717) is 40.0 Å². The molecule has 0 radical (unpaired) electrons. The first kappa shape index (κ1) is 21.9. The van der Waals surface area contributed by atoms with E-state index < -0.39 is 0 Å². The lowest BCUT2D eigenvalue weighted by Gasteiger charge is -2.13. The van der Waals surface area contributed by atoms with Crippen molar-refractivity contribution >= 4 is 35.0 Å². The highest BCUT2D eigenvalue weighted by Gasteiger charge is 2.22. The van der Waals surface area contributed by atoms with Gasteiger partial charge in [0.1, 0.15) is 11.9 Å². The third-order valence-corrected chi connectivity index (χ3v) is 5.05. The average molecular weight is 442 g/mol. The zero-order valence-corrected chi connectivity index (χ0v) is 17.9. The van der Waals surface area contributed by atoms with E-state index in [1.807, 2.05) is 0 Å². The molecule has 166 valence electrons. The molecule has 4 N–H and O–H groups in total. The molecule has 4 rings (SSSR count). The van der Waals surface area contributed by atoms with Gasteiger partial charge in [-0.05, 0) is 49.7 Å². The van der Waals surface area contributed by atoms with Crippen molar-refractivity contribution in [1.29, 1.82) is 5.26 Å². The lowest BCUT2D eigenvalue weighted by atomic mass is 10.1. The van der Waals surface area contributed by atoms with Crippen molar-refractivity contribution in [1.82, 2.24) is 20.3 Å². The van der Waals surface area contributed by atoms with Crippen LogP contribution in [0.1, 0.15) is 25.3 Å². The lowest BCUT2D eigenvalue weighted by Crippen LogP contribution is -2.35. The number of benzene rings is 1. The first-order valence-electron chi connectivity index (χ1n) is 10.4. The van der Waals surface area contributed by atoms with Crippen LogP contribution in [-0.4, -0.2) is 39.4 Å². The van der Waals surface area contributed by atoms with E-state index in [2.05, 4.69) is 42.3 Å². The van der Waals surface area contributed by atoms with Crippen LogP contribution < -0.4 is 21.3 Å². The summed E-state index contributed by atoms with van der Waals surface area (Å²) in [6.07, 6.45) is 4.92. The smallest absolute Gasteiger partial charge is 0.241 e. The Hall–Kier alpha value is -4.36. The Labute approximate surface area is 190 Å². The number of aromatic nitrogens is 3. The molecule has 2 aromatic heterocycles. The molecule has 1 aliphatic heterocycles. The number of anilines is 4. The molecule has 2 amide bonds. The van der Waals surface area contributed by atoms with Crippen LogP contribution in [0.4, 0.5) is 23.1 Å². The summed E-state index contributed by atoms with van der Waals surface area (Å²) in [4.78, 5) is 36.4. The predicted molar refractivity (Wildman–Crippen MR) is 124 cm³/mol. The van der Waals surface area contributed by atoms with Crippen LogP contribution in [0, 0.1) is 11.3 Å². The SMILES string of the molecule is CC(=O)Nc1ccc(Nc2nccc(-c3ccc(NC(=O)[C@H]4CCCN4)c(C#N)c3)n2)cn1. The van der Waals surface area contributed by atoms with Crippen LogP contribution in [0.3, 0.4) is 0 Å². The van der Waals surface area contributed by atoms with Crippen LogP contribution in [0.5, 0.6) is 0 Å². The topological polar surface area (TPSA) is 145 Å². The standard InChI is InChI=1S/C23H22N8O2/c1-14(32)28-21-7-5-17(13-27-21)29-23-26-10-8-19(31-23)15-4-6-18(16(11-15)12-24)30-22(33)20-3-2-9-25-20/h4-8,10-11,13,20,25H,2-3,9H2,1H3,(H,30,33)(H,26,29,31)(H,27,28,32)/t20-/m1/s1. The fourth-order valence-electron chi connectivity index (χ4n) is 3.46. The Morgan fingerprint density at radius 1 is 1.15 bits per heavy atom. The molecule has 10 nitrogen and oxygen atoms in total. The molecule has 0 bridgehead atoms. The fraction of sp³-hybridized carbons (Fsp3) is 0.217. The van der Waals surface area contributed by atoms with E-state index >= 15 is 0 Å². The molecular formula is C23H22N8O2. The number of rotatable bonds is 6. The van der Waals surface area contributed by atoms with Crippen molar-refractivity contribution in [2.24, 2.45) is 0 Å². The quantitative estimate of drug-likeness (QED) is 0.456. The molecule has 3 heterocycles. The summed E-state index contributed by atoms with van der Waals surface area (Å²) in [6, 6.07) is 12.3. The Balaban J connectivity index is 1.50. The van der Waals surface area contributed by atoms with Gasteiger partial charge < -0.3 is 21.3 Å². The Morgan fingerprint density at radius 3 is 2.73 bits per heavy atom. The summed E-state index contributed by atoms with van der Waals surface area (Å²) in [5.41, 5.74) is 2.80. The van der Waals surface area contributed by atoms with Crippen LogP contribution in [0.25, 0.3) is 11.3 Å². The van der Waals surface area contributed by atoms with E-state index in [0.717, 1.165) is 19.4 Å². The Bertz CT molecular complexity index is 1210. The molecule has 0 saturated carbocycles. The highest BCUT2D eigenvalue weighted by Crippen LogP contribution is 2.25. The summed E-state index contributed by atoms with van der Waals surface area (Å²) >= 11 is 0. The molecule has 0 spiro atoms. The van der Waals surface area contributed by atoms with Crippen LogP contribution >= 0.6 is 0 Å². The highest BCUT2D eigenvalue weighted by molar-refractivity contribution is 5.96. The second-order valence-electron chi connectivity index (χ2n) is 7.51. The molecule has 1 saturated heterocycles. The van der Waals surface area contributed by atoms with Crippen molar-refractivity contribution in [3.05, 3.63) is 54.4 Å². The van der Waals surface area contributed by atoms with Gasteiger partial charge in [-0.2, -0.15) is 5.26 Å². The zero-order chi connectivity index (χ0) is 23.2. The molecule has 1 aliphatic rings. The number of nitriles is 1. The number of nitrogens with zero attached hydrogens (tertiary/aromatic N) is 4. The molecule has 0 aliphatic carbocycles. The number of pyridine rings is 1. The van der Waals surface area contributed by atoms with Crippen LogP contribution in [0.15, 0.2) is 48.8 Å². The van der Waals surface area contributed by atoms with Gasteiger partial charge in [-0.1, -0.05) is 6.07 Å². The summed E-state index contributed by atoms with van der Waals surface area (Å²) in [7, 11) is 0. The van der Waals surface area contributed by atoms with Crippen molar-refractivity contribution in [2.75, 3.05) is 22.5 Å². The van der Waals surface area contributed by atoms with Crippen molar-refractivity contribution in [2.45, 2.75) is 25.8 Å². The van der Waals surface area contributed by atoms with Crippen molar-refractivity contribution in [3.63, 3.8) is 0 Å². The first-order valence-corrected chi connectivity index (χ1v) is 10.4. The van der Waals surface area contributed by atoms with Gasteiger partial charge in [-0.3, -0.25) is 9.59 Å². The molecule has 1 atom stereocenters.